The number of hydrogen-bond donors (Lipinski definition) is 3. The molecule has 0 bridgehead atoms. The van der Waals surface area contributed by atoms with Crippen molar-refractivity contribution in [1.82, 2.24) is 24.1 Å². The summed E-state index contributed by atoms with van der Waals surface area (Å²) < 4.78 is 8.42. The molecule has 0 radical (unpaired) electrons. The molecule has 0 fully saturated rings. The van der Waals surface area contributed by atoms with Crippen molar-refractivity contribution in [2.24, 2.45) is 5.73 Å². The molecule has 10 nitrogen and oxygen atoms in total. The first-order chi connectivity index (χ1) is 14.2. The second-order valence-corrected chi connectivity index (χ2v) is 6.11. The lowest BCUT2D eigenvalue weighted by Gasteiger charge is -2.11. The molecule has 29 heavy (non-hydrogen) atoms. The third-order valence-corrected chi connectivity index (χ3v) is 4.28. The lowest BCUT2D eigenvalue weighted by Crippen LogP contribution is -2.21. The van der Waals surface area contributed by atoms with E-state index in [1.165, 1.54) is 4.57 Å². The number of nitrogens with one attached hydrogen (secondary N) is 2. The van der Waals surface area contributed by atoms with Crippen LogP contribution in [0.25, 0.3) is 11.5 Å². The summed E-state index contributed by atoms with van der Waals surface area (Å²) in [6.45, 7) is 0.392. The van der Waals surface area contributed by atoms with Crippen LogP contribution in [0.2, 0.25) is 0 Å². The molecule has 10 heteroatoms. The van der Waals surface area contributed by atoms with E-state index in [1.807, 2.05) is 6.07 Å². The molecule has 0 spiro atoms. The van der Waals surface area contributed by atoms with Crippen LogP contribution < -0.4 is 21.9 Å². The van der Waals surface area contributed by atoms with Crippen LogP contribution >= 0.6 is 0 Å². The average molecular weight is 392 g/mol. The van der Waals surface area contributed by atoms with E-state index in [0.29, 0.717) is 28.8 Å². The van der Waals surface area contributed by atoms with Crippen molar-refractivity contribution >= 4 is 23.0 Å². The van der Waals surface area contributed by atoms with Crippen LogP contribution in [0.1, 0.15) is 5.56 Å². The van der Waals surface area contributed by atoms with Crippen LogP contribution in [0.3, 0.4) is 0 Å². The maximum absolute atomic E-state index is 12.9. The first-order valence-electron chi connectivity index (χ1n) is 8.94. The number of nitrogens with two attached hydrogens (primary N) is 1. The van der Waals surface area contributed by atoms with E-state index in [2.05, 4.69) is 25.7 Å². The van der Waals surface area contributed by atoms with Crippen molar-refractivity contribution in [2.45, 2.75) is 6.61 Å². The summed E-state index contributed by atoms with van der Waals surface area (Å²) in [5.41, 5.74) is 6.95. The van der Waals surface area contributed by atoms with Gasteiger partial charge in [-0.1, -0.05) is 6.07 Å². The number of anilines is 3. The predicted molar refractivity (Wildman–Crippen MR) is 109 cm³/mol. The van der Waals surface area contributed by atoms with Crippen molar-refractivity contribution < 1.29 is 4.74 Å². The minimum absolute atomic E-state index is 0.102. The second kappa shape index (κ2) is 8.09. The van der Waals surface area contributed by atoms with Crippen LogP contribution in [0, 0.1) is 0 Å². The first-order valence-corrected chi connectivity index (χ1v) is 8.94. The van der Waals surface area contributed by atoms with Crippen LogP contribution in [-0.4, -0.2) is 37.9 Å². The van der Waals surface area contributed by atoms with Crippen LogP contribution in [-0.2, 0) is 11.3 Å². The van der Waals surface area contributed by atoms with E-state index in [-0.39, 0.29) is 18.9 Å². The standard InChI is InChI=1S/C19H20N8O2/c1-21-17-9-15(25-18-13(11-29-12-20)10-23-27(17)18)24-14-5-4-8-26(19(14)28)16-6-2-3-7-22-16/h2-10,21H,11-12,20H2,1H3,(H,24,25). The van der Waals surface area contributed by atoms with Gasteiger partial charge in [0, 0.05) is 31.1 Å². The Labute approximate surface area is 166 Å². The zero-order valence-electron chi connectivity index (χ0n) is 15.7. The van der Waals surface area contributed by atoms with Gasteiger partial charge in [-0.25, -0.2) is 9.97 Å². The van der Waals surface area contributed by atoms with Gasteiger partial charge in [0.25, 0.3) is 5.56 Å². The highest BCUT2D eigenvalue weighted by atomic mass is 16.5. The topological polar surface area (TPSA) is 124 Å². The molecular weight excluding hydrogens is 372 g/mol. The molecule has 4 N–H and O–H groups in total. The highest BCUT2D eigenvalue weighted by Gasteiger charge is 2.13. The molecule has 0 amide bonds. The Balaban J connectivity index is 1.74. The SMILES string of the molecule is CNc1cc(Nc2cccn(-c3ccccn3)c2=O)nc2c(COCN)cnn12. The molecule has 4 heterocycles. The van der Waals surface area contributed by atoms with Crippen LogP contribution in [0.5, 0.6) is 0 Å². The average Bonchev–Trinajstić information content (AvgIpc) is 3.16. The number of rotatable bonds is 7. The summed E-state index contributed by atoms with van der Waals surface area (Å²) in [7, 11) is 1.78. The van der Waals surface area contributed by atoms with Gasteiger partial charge in [-0.15, -0.1) is 0 Å². The normalized spacial score (nSPS) is 11.0. The van der Waals surface area contributed by atoms with Gasteiger partial charge in [0.2, 0.25) is 0 Å². The Kier molecular flexibility index (Phi) is 5.18. The molecule has 0 saturated heterocycles. The Bertz CT molecular complexity index is 1190. The lowest BCUT2D eigenvalue weighted by molar-refractivity contribution is 0.128. The third-order valence-electron chi connectivity index (χ3n) is 4.28. The summed E-state index contributed by atoms with van der Waals surface area (Å²) in [5, 5.41) is 10.5. The van der Waals surface area contributed by atoms with E-state index in [1.54, 1.807) is 60.5 Å². The minimum Gasteiger partial charge on any atom is -0.373 e. The molecule has 0 aliphatic heterocycles. The Morgan fingerprint density at radius 2 is 2.14 bits per heavy atom. The summed E-state index contributed by atoms with van der Waals surface area (Å²) in [6.07, 6.45) is 4.99. The van der Waals surface area contributed by atoms with E-state index in [9.17, 15) is 4.79 Å². The minimum atomic E-state index is -0.237. The van der Waals surface area contributed by atoms with Gasteiger partial charge in [-0.05, 0) is 24.3 Å². The fraction of sp³-hybridized carbons (Fsp3) is 0.158. The van der Waals surface area contributed by atoms with Crippen molar-refractivity contribution in [3.8, 4) is 5.82 Å². The van der Waals surface area contributed by atoms with E-state index >= 15 is 0 Å². The number of fused-ring (bicyclic) bond motifs is 1. The summed E-state index contributed by atoms with van der Waals surface area (Å²) >= 11 is 0. The molecule has 0 atom stereocenters. The number of aromatic nitrogens is 5. The Morgan fingerprint density at radius 3 is 2.90 bits per heavy atom. The van der Waals surface area contributed by atoms with E-state index < -0.39 is 0 Å². The zero-order valence-corrected chi connectivity index (χ0v) is 15.7. The number of hydrogen-bond acceptors (Lipinski definition) is 8. The van der Waals surface area contributed by atoms with E-state index in [4.69, 9.17) is 10.5 Å². The first kappa shape index (κ1) is 18.6. The van der Waals surface area contributed by atoms with Gasteiger partial charge in [-0.2, -0.15) is 9.61 Å². The van der Waals surface area contributed by atoms with Gasteiger partial charge in [0.1, 0.15) is 23.1 Å². The lowest BCUT2D eigenvalue weighted by atomic mass is 10.3. The molecule has 4 rings (SSSR count). The highest BCUT2D eigenvalue weighted by molar-refractivity contribution is 5.64. The monoisotopic (exact) mass is 392 g/mol. The molecule has 0 aliphatic rings. The Morgan fingerprint density at radius 1 is 1.24 bits per heavy atom. The molecule has 0 aliphatic carbocycles. The highest BCUT2D eigenvalue weighted by Crippen LogP contribution is 2.21. The molecule has 4 aromatic heterocycles. The fourth-order valence-corrected chi connectivity index (χ4v) is 2.92. The molecule has 0 saturated carbocycles. The molecular formula is C19H20N8O2. The molecule has 0 aromatic carbocycles. The molecule has 148 valence electrons. The van der Waals surface area contributed by atoms with Gasteiger partial charge in [-0.3, -0.25) is 9.36 Å². The van der Waals surface area contributed by atoms with Crippen molar-refractivity contribution in [3.63, 3.8) is 0 Å². The zero-order chi connectivity index (χ0) is 20.2. The largest absolute Gasteiger partial charge is 0.373 e. The van der Waals surface area contributed by atoms with Crippen molar-refractivity contribution in [1.29, 1.82) is 0 Å². The molecule has 4 aromatic rings. The van der Waals surface area contributed by atoms with E-state index in [0.717, 1.165) is 5.56 Å². The number of ether oxygens (including phenoxy) is 1. The summed E-state index contributed by atoms with van der Waals surface area (Å²) in [5.74, 6) is 1.74. The van der Waals surface area contributed by atoms with Crippen molar-refractivity contribution in [2.75, 3.05) is 24.4 Å². The Hall–Kier alpha value is -3.76. The maximum atomic E-state index is 12.9. The fourth-order valence-electron chi connectivity index (χ4n) is 2.92. The number of nitrogens with zero attached hydrogens (tertiary/aromatic N) is 5. The van der Waals surface area contributed by atoms with Crippen LogP contribution in [0.4, 0.5) is 17.3 Å². The maximum Gasteiger partial charge on any atom is 0.279 e. The summed E-state index contributed by atoms with van der Waals surface area (Å²) in [4.78, 5) is 21.7. The molecule has 0 unspecified atom stereocenters. The van der Waals surface area contributed by atoms with Gasteiger partial charge < -0.3 is 21.1 Å². The number of pyridine rings is 2. The summed E-state index contributed by atoms with van der Waals surface area (Å²) in [6, 6.07) is 10.6. The van der Waals surface area contributed by atoms with Gasteiger partial charge >= 0.3 is 0 Å². The predicted octanol–water partition coefficient (Wildman–Crippen LogP) is 1.49. The van der Waals surface area contributed by atoms with Crippen LogP contribution in [0.15, 0.2) is 59.8 Å². The second-order valence-electron chi connectivity index (χ2n) is 6.11. The van der Waals surface area contributed by atoms with Crippen molar-refractivity contribution in [3.05, 3.63) is 70.9 Å². The quantitative estimate of drug-likeness (QED) is 0.404. The third kappa shape index (κ3) is 3.66. The van der Waals surface area contributed by atoms with Gasteiger partial charge in [0.15, 0.2) is 5.65 Å². The smallest absolute Gasteiger partial charge is 0.279 e. The van der Waals surface area contributed by atoms with Gasteiger partial charge in [0.05, 0.1) is 19.5 Å².